The molecule has 0 bridgehead atoms. The van der Waals surface area contributed by atoms with Gasteiger partial charge in [0.15, 0.2) is 16.5 Å². The molecule has 0 aliphatic heterocycles. The van der Waals surface area contributed by atoms with E-state index in [-0.39, 0.29) is 22.9 Å². The molecular weight excluding hydrogens is 534 g/mol. The average molecular weight is 553 g/mol. The zero-order chi connectivity index (χ0) is 27.3. The summed E-state index contributed by atoms with van der Waals surface area (Å²) in [5.74, 6) is -0.606. The van der Waals surface area contributed by atoms with Crippen molar-refractivity contribution in [2.24, 2.45) is 12.2 Å². The van der Waals surface area contributed by atoms with Crippen LogP contribution in [0.4, 0.5) is 26.3 Å². The molecular formula is C22H19ClF6N4O2S. The van der Waals surface area contributed by atoms with Crippen molar-refractivity contribution in [3.05, 3.63) is 57.4 Å². The average Bonchev–Trinajstić information content (AvgIpc) is 3.09. The van der Waals surface area contributed by atoms with Crippen LogP contribution in [-0.2, 0) is 29.0 Å². The Morgan fingerprint density at radius 1 is 1.17 bits per heavy atom. The topological polar surface area (TPSA) is 72.4 Å². The van der Waals surface area contributed by atoms with Gasteiger partial charge in [-0.25, -0.2) is 0 Å². The molecule has 1 aromatic carbocycles. The summed E-state index contributed by atoms with van der Waals surface area (Å²) in [4.78, 5) is 5.16. The normalized spacial score (nSPS) is 13.2. The minimum atomic E-state index is -4.96. The van der Waals surface area contributed by atoms with Gasteiger partial charge in [-0.3, -0.25) is 4.68 Å². The first-order chi connectivity index (χ1) is 16.7. The number of nitriles is 1. The molecule has 0 N–H and O–H groups in total. The molecule has 1 aromatic heterocycles. The maximum absolute atomic E-state index is 13.7. The molecule has 2 aromatic rings. The Morgan fingerprint density at radius 2 is 1.78 bits per heavy atom. The number of ether oxygens (including phenoxy) is 1. The van der Waals surface area contributed by atoms with Crippen molar-refractivity contribution >= 4 is 40.3 Å². The van der Waals surface area contributed by atoms with Crippen molar-refractivity contribution in [1.82, 2.24) is 9.78 Å². The molecule has 0 spiro atoms. The molecule has 0 aliphatic rings. The van der Waals surface area contributed by atoms with E-state index in [1.54, 1.807) is 13.0 Å². The van der Waals surface area contributed by atoms with Crippen LogP contribution in [0.5, 0.6) is 0 Å². The largest absolute Gasteiger partial charge is 0.449 e. The molecule has 0 unspecified atom stereocenters. The first kappa shape index (κ1) is 29.1. The molecule has 0 saturated heterocycles. The fourth-order valence-electron chi connectivity index (χ4n) is 2.90. The van der Waals surface area contributed by atoms with Crippen molar-refractivity contribution < 1.29 is 35.9 Å². The molecule has 0 atom stereocenters. The summed E-state index contributed by atoms with van der Waals surface area (Å²) in [6, 6.07) is 5.58. The first-order valence-electron chi connectivity index (χ1n) is 10.2. The van der Waals surface area contributed by atoms with Crippen LogP contribution in [0, 0.1) is 11.3 Å². The lowest BCUT2D eigenvalue weighted by atomic mass is 9.99. The van der Waals surface area contributed by atoms with Gasteiger partial charge >= 0.3 is 12.4 Å². The number of aromatic nitrogens is 2. The SMILES string of the molecule is CCCON=C(CC(C#N)=C(OC(C)=S)c1c(C(F)(F)F)nn(C)c1Cl)c1ccc(C(F)(F)F)cc1. The van der Waals surface area contributed by atoms with Crippen LogP contribution in [0.15, 0.2) is 35.0 Å². The highest BCUT2D eigenvalue weighted by Crippen LogP contribution is 2.40. The minimum absolute atomic E-state index is 0.0367. The van der Waals surface area contributed by atoms with Crippen LogP contribution >= 0.6 is 23.8 Å². The van der Waals surface area contributed by atoms with Gasteiger partial charge in [0, 0.05) is 20.4 Å². The molecule has 0 saturated carbocycles. The third kappa shape index (κ3) is 7.20. The van der Waals surface area contributed by atoms with Crippen molar-refractivity contribution in [2.75, 3.05) is 6.61 Å². The van der Waals surface area contributed by atoms with Gasteiger partial charge in [-0.1, -0.05) is 35.8 Å². The molecule has 0 radical (unpaired) electrons. The molecule has 1 heterocycles. The monoisotopic (exact) mass is 552 g/mol. The molecule has 6 nitrogen and oxygen atoms in total. The third-order valence-corrected chi connectivity index (χ3v) is 5.00. The van der Waals surface area contributed by atoms with Crippen LogP contribution in [0.3, 0.4) is 0 Å². The molecule has 0 amide bonds. The van der Waals surface area contributed by atoms with E-state index < -0.39 is 52.1 Å². The number of halogens is 7. The van der Waals surface area contributed by atoms with E-state index in [4.69, 9.17) is 33.4 Å². The lowest BCUT2D eigenvalue weighted by Gasteiger charge is -2.15. The van der Waals surface area contributed by atoms with Crippen molar-refractivity contribution in [3.8, 4) is 6.07 Å². The Morgan fingerprint density at radius 3 is 2.25 bits per heavy atom. The maximum atomic E-state index is 13.7. The number of rotatable bonds is 8. The zero-order valence-electron chi connectivity index (χ0n) is 19.1. The summed E-state index contributed by atoms with van der Waals surface area (Å²) in [5.41, 5.74) is -3.34. The van der Waals surface area contributed by atoms with Crippen LogP contribution in [-0.4, -0.2) is 27.1 Å². The Balaban J connectivity index is 2.71. The van der Waals surface area contributed by atoms with Gasteiger partial charge in [0.05, 0.1) is 28.5 Å². The third-order valence-electron chi connectivity index (χ3n) is 4.49. The molecule has 0 fully saturated rings. The Bertz CT molecular complexity index is 1210. The van der Waals surface area contributed by atoms with E-state index in [2.05, 4.69) is 10.3 Å². The number of thiocarbonyl (C=S) groups is 1. The summed E-state index contributed by atoms with van der Waals surface area (Å²) >= 11 is 11.0. The molecule has 0 aliphatic carbocycles. The van der Waals surface area contributed by atoms with Gasteiger partial charge in [0.25, 0.3) is 0 Å². The highest BCUT2D eigenvalue weighted by Gasteiger charge is 2.41. The maximum Gasteiger partial charge on any atom is 0.435 e. The molecule has 14 heteroatoms. The fraction of sp³-hybridized carbons (Fsp3) is 0.364. The van der Waals surface area contributed by atoms with Gasteiger partial charge in [-0.05, 0) is 36.3 Å². The number of oxime groups is 1. The second kappa shape index (κ2) is 11.7. The highest BCUT2D eigenvalue weighted by molar-refractivity contribution is 7.80. The summed E-state index contributed by atoms with van der Waals surface area (Å²) in [7, 11) is 1.17. The highest BCUT2D eigenvalue weighted by atomic mass is 35.5. The summed E-state index contributed by atoms with van der Waals surface area (Å²) < 4.78 is 86.2. The number of alkyl halides is 6. The van der Waals surface area contributed by atoms with Crippen LogP contribution < -0.4 is 0 Å². The smallest absolute Gasteiger partial charge is 0.435 e. The van der Waals surface area contributed by atoms with E-state index in [1.807, 2.05) is 0 Å². The van der Waals surface area contributed by atoms with Crippen LogP contribution in [0.1, 0.15) is 49.1 Å². The number of allylic oxidation sites excluding steroid dienone is 1. The zero-order valence-corrected chi connectivity index (χ0v) is 20.7. The molecule has 194 valence electrons. The fourth-order valence-corrected chi connectivity index (χ4v) is 3.20. The number of benzene rings is 1. The summed E-state index contributed by atoms with van der Waals surface area (Å²) in [6.07, 6.45) is -9.48. The van der Waals surface area contributed by atoms with Gasteiger partial charge in [0.2, 0.25) is 0 Å². The second-order valence-corrected chi connectivity index (χ2v) is 8.20. The van der Waals surface area contributed by atoms with Gasteiger partial charge in [-0.15, -0.1) is 0 Å². The van der Waals surface area contributed by atoms with Crippen molar-refractivity contribution in [2.45, 2.75) is 39.0 Å². The lowest BCUT2D eigenvalue weighted by molar-refractivity contribution is -0.141. The minimum Gasteiger partial charge on any atom is -0.449 e. The van der Waals surface area contributed by atoms with Crippen molar-refractivity contribution in [3.63, 3.8) is 0 Å². The van der Waals surface area contributed by atoms with Gasteiger partial charge in [0.1, 0.15) is 11.8 Å². The Labute approximate surface area is 212 Å². The first-order valence-corrected chi connectivity index (χ1v) is 11.0. The predicted molar refractivity (Wildman–Crippen MR) is 124 cm³/mol. The van der Waals surface area contributed by atoms with E-state index in [1.165, 1.54) is 14.0 Å². The summed E-state index contributed by atoms with van der Waals surface area (Å²) in [6.45, 7) is 3.20. The molecule has 36 heavy (non-hydrogen) atoms. The van der Waals surface area contributed by atoms with Gasteiger partial charge in [-0.2, -0.15) is 36.7 Å². The Hall–Kier alpha value is -3.11. The number of aryl methyl sites for hydroxylation is 1. The predicted octanol–water partition coefficient (Wildman–Crippen LogP) is 6.93. The Kier molecular flexibility index (Phi) is 9.51. The second-order valence-electron chi connectivity index (χ2n) is 7.27. The van der Waals surface area contributed by atoms with Crippen LogP contribution in [0.25, 0.3) is 5.76 Å². The standard InChI is InChI=1S/C22H19ClF6N4O2S/c1-4-9-34-32-16(13-5-7-15(8-6-13)21(24,25)26)10-14(11-30)18(35-12(2)36)17-19(22(27,28)29)31-33(3)20(17)23/h5-8H,4,9-10H2,1-3H3. The molecule has 2 rings (SSSR count). The lowest BCUT2D eigenvalue weighted by Crippen LogP contribution is -2.13. The number of hydrogen-bond acceptors (Lipinski definition) is 6. The van der Waals surface area contributed by atoms with E-state index in [0.717, 1.165) is 28.9 Å². The van der Waals surface area contributed by atoms with Gasteiger partial charge < -0.3 is 9.57 Å². The van der Waals surface area contributed by atoms with E-state index in [0.29, 0.717) is 6.42 Å². The quantitative estimate of drug-likeness (QED) is 0.0675. The van der Waals surface area contributed by atoms with E-state index in [9.17, 15) is 31.6 Å². The number of hydrogen-bond donors (Lipinski definition) is 0. The van der Waals surface area contributed by atoms with Crippen molar-refractivity contribution in [1.29, 1.82) is 5.26 Å². The summed E-state index contributed by atoms with van der Waals surface area (Å²) in [5, 5.41) is 16.4. The number of nitrogens with zero attached hydrogens (tertiary/aromatic N) is 4. The van der Waals surface area contributed by atoms with E-state index >= 15 is 0 Å². The van der Waals surface area contributed by atoms with Crippen LogP contribution in [0.2, 0.25) is 5.15 Å².